The van der Waals surface area contributed by atoms with Crippen molar-refractivity contribution < 1.29 is 9.18 Å². The minimum atomic E-state index is -0.277. The molecule has 0 radical (unpaired) electrons. The average molecular weight is 346 g/mol. The van der Waals surface area contributed by atoms with Crippen molar-refractivity contribution >= 4 is 5.91 Å². The molecular weight excluding hydrogens is 319 g/mol. The fraction of sp³-hybridized carbons (Fsp3) is 0.474. The number of likely N-dealkylation sites (N-methyl/N-ethyl adjacent to an activating group) is 1. The summed E-state index contributed by atoms with van der Waals surface area (Å²) in [6, 6.07) is 8.08. The quantitative estimate of drug-likeness (QED) is 0.799. The molecule has 0 saturated carbocycles. The van der Waals surface area contributed by atoms with Crippen LogP contribution in [0.5, 0.6) is 0 Å². The first-order valence-electron chi connectivity index (χ1n) is 8.58. The Bertz CT molecular complexity index is 679. The highest BCUT2D eigenvalue weighted by Crippen LogP contribution is 2.12. The van der Waals surface area contributed by atoms with Gasteiger partial charge in [0.1, 0.15) is 11.5 Å². The molecule has 1 heterocycles. The minimum Gasteiger partial charge on any atom is -0.332 e. The van der Waals surface area contributed by atoms with Crippen LogP contribution in [-0.4, -0.2) is 53.1 Å². The normalized spacial score (nSPS) is 11.3. The summed E-state index contributed by atoms with van der Waals surface area (Å²) in [6.45, 7) is 6.01. The van der Waals surface area contributed by atoms with Crippen molar-refractivity contribution in [2.24, 2.45) is 5.92 Å². The molecule has 0 aliphatic carbocycles. The fourth-order valence-corrected chi connectivity index (χ4v) is 2.56. The van der Waals surface area contributed by atoms with E-state index in [0.717, 1.165) is 24.2 Å². The third-order valence-corrected chi connectivity index (χ3v) is 3.87. The van der Waals surface area contributed by atoms with Crippen molar-refractivity contribution in [2.75, 3.05) is 27.2 Å². The summed E-state index contributed by atoms with van der Waals surface area (Å²) in [7, 11) is 3.94. The Labute approximate surface area is 148 Å². The van der Waals surface area contributed by atoms with Gasteiger partial charge < -0.3 is 9.80 Å². The van der Waals surface area contributed by atoms with Crippen LogP contribution in [0.15, 0.2) is 30.3 Å². The Balaban J connectivity index is 2.13. The first kappa shape index (κ1) is 19.1. The van der Waals surface area contributed by atoms with Gasteiger partial charge in [-0.1, -0.05) is 26.0 Å². The number of nitrogens with zero attached hydrogens (tertiary/aromatic N) is 3. The Morgan fingerprint density at radius 1 is 1.20 bits per heavy atom. The van der Waals surface area contributed by atoms with E-state index in [2.05, 4.69) is 24.0 Å². The molecule has 0 atom stereocenters. The third kappa shape index (κ3) is 5.98. The number of carbonyl (C=O) groups is 1. The Hall–Kier alpha value is -2.21. The maximum atomic E-state index is 13.1. The van der Waals surface area contributed by atoms with Gasteiger partial charge in [-0.05, 0) is 50.2 Å². The molecule has 0 saturated heterocycles. The van der Waals surface area contributed by atoms with Gasteiger partial charge >= 0.3 is 0 Å². The van der Waals surface area contributed by atoms with E-state index in [9.17, 15) is 9.18 Å². The lowest BCUT2D eigenvalue weighted by Gasteiger charge is -2.23. The van der Waals surface area contributed by atoms with E-state index in [1.54, 1.807) is 17.0 Å². The minimum absolute atomic E-state index is 0.113. The molecule has 0 aliphatic heterocycles. The highest BCUT2D eigenvalue weighted by atomic mass is 19.1. The molecule has 1 aromatic heterocycles. The maximum Gasteiger partial charge on any atom is 0.274 e. The van der Waals surface area contributed by atoms with Crippen molar-refractivity contribution in [1.82, 2.24) is 20.0 Å². The summed E-state index contributed by atoms with van der Waals surface area (Å²) in [5.74, 6) is 0.102. The maximum absolute atomic E-state index is 13.1. The van der Waals surface area contributed by atoms with Gasteiger partial charge in [-0.2, -0.15) is 5.10 Å². The molecule has 25 heavy (non-hydrogen) atoms. The largest absolute Gasteiger partial charge is 0.332 e. The van der Waals surface area contributed by atoms with Crippen LogP contribution in [-0.2, 0) is 13.0 Å². The summed E-state index contributed by atoms with van der Waals surface area (Å²) < 4.78 is 13.1. The van der Waals surface area contributed by atoms with E-state index in [1.807, 2.05) is 25.1 Å². The van der Waals surface area contributed by atoms with Gasteiger partial charge in [0, 0.05) is 25.3 Å². The van der Waals surface area contributed by atoms with E-state index >= 15 is 0 Å². The Morgan fingerprint density at radius 3 is 2.48 bits per heavy atom. The summed E-state index contributed by atoms with van der Waals surface area (Å²) in [5, 5.41) is 7.13. The summed E-state index contributed by atoms with van der Waals surface area (Å²) in [4.78, 5) is 16.7. The van der Waals surface area contributed by atoms with Crippen LogP contribution in [0.4, 0.5) is 4.39 Å². The third-order valence-electron chi connectivity index (χ3n) is 3.87. The predicted octanol–water partition coefficient (Wildman–Crippen LogP) is 2.95. The zero-order valence-corrected chi connectivity index (χ0v) is 15.4. The summed E-state index contributed by atoms with van der Waals surface area (Å²) in [6.07, 6.45) is 0.857. The second-order valence-corrected chi connectivity index (χ2v) is 7.03. The average Bonchev–Trinajstić information content (AvgIpc) is 3.00. The second-order valence-electron chi connectivity index (χ2n) is 7.03. The van der Waals surface area contributed by atoms with Crippen LogP contribution in [0, 0.1) is 11.7 Å². The van der Waals surface area contributed by atoms with Gasteiger partial charge in [-0.15, -0.1) is 0 Å². The van der Waals surface area contributed by atoms with Crippen LogP contribution in [0.3, 0.4) is 0 Å². The van der Waals surface area contributed by atoms with Crippen LogP contribution >= 0.6 is 0 Å². The van der Waals surface area contributed by atoms with Crippen LogP contribution < -0.4 is 0 Å². The number of H-pyrrole nitrogens is 1. The number of rotatable bonds is 8. The van der Waals surface area contributed by atoms with Crippen molar-refractivity contribution in [3.63, 3.8) is 0 Å². The van der Waals surface area contributed by atoms with E-state index in [-0.39, 0.29) is 11.7 Å². The molecule has 1 aromatic carbocycles. The zero-order chi connectivity index (χ0) is 18.4. The van der Waals surface area contributed by atoms with Gasteiger partial charge in [0.25, 0.3) is 5.91 Å². The molecule has 2 aromatic rings. The Kier molecular flexibility index (Phi) is 6.70. The molecule has 0 spiro atoms. The summed E-state index contributed by atoms with van der Waals surface area (Å²) >= 11 is 0. The second kappa shape index (κ2) is 8.76. The summed E-state index contributed by atoms with van der Waals surface area (Å²) in [5.41, 5.74) is 2.29. The van der Waals surface area contributed by atoms with Gasteiger partial charge in [0.15, 0.2) is 0 Å². The first-order chi connectivity index (χ1) is 11.8. The van der Waals surface area contributed by atoms with Crippen LogP contribution in [0.1, 0.15) is 35.6 Å². The Morgan fingerprint density at radius 2 is 1.88 bits per heavy atom. The lowest BCUT2D eigenvalue weighted by atomic mass is 10.1. The number of benzene rings is 1. The van der Waals surface area contributed by atoms with E-state index in [0.29, 0.717) is 24.7 Å². The number of amides is 1. The van der Waals surface area contributed by atoms with Gasteiger partial charge in [0.05, 0.1) is 0 Å². The van der Waals surface area contributed by atoms with Gasteiger partial charge in [-0.3, -0.25) is 9.89 Å². The lowest BCUT2D eigenvalue weighted by Crippen LogP contribution is -2.36. The topological polar surface area (TPSA) is 52.2 Å². The zero-order valence-electron chi connectivity index (χ0n) is 15.4. The molecule has 136 valence electrons. The molecular formula is C19H27FN4O. The number of carbonyl (C=O) groups excluding carboxylic acids is 1. The number of hydrogen-bond donors (Lipinski definition) is 1. The van der Waals surface area contributed by atoms with Crippen molar-refractivity contribution in [2.45, 2.75) is 26.8 Å². The molecule has 1 amide bonds. The van der Waals surface area contributed by atoms with Gasteiger partial charge in [-0.25, -0.2) is 4.39 Å². The molecule has 0 fully saturated rings. The highest BCUT2D eigenvalue weighted by molar-refractivity contribution is 5.92. The number of aromatic nitrogens is 2. The van der Waals surface area contributed by atoms with E-state index in [1.165, 1.54) is 12.1 Å². The monoisotopic (exact) mass is 346 g/mol. The van der Waals surface area contributed by atoms with Crippen molar-refractivity contribution in [3.05, 3.63) is 53.1 Å². The number of hydrogen-bond acceptors (Lipinski definition) is 3. The number of aromatic amines is 1. The van der Waals surface area contributed by atoms with E-state index < -0.39 is 0 Å². The molecule has 6 heteroatoms. The smallest absolute Gasteiger partial charge is 0.274 e. The van der Waals surface area contributed by atoms with Crippen LogP contribution in [0.25, 0.3) is 0 Å². The number of nitrogens with one attached hydrogen (secondary N) is 1. The van der Waals surface area contributed by atoms with Gasteiger partial charge in [0.2, 0.25) is 0 Å². The SMILES string of the molecule is CC(C)Cc1cc(C(=O)N(CCN(C)C)Cc2ccc(F)cc2)n[nH]1. The molecule has 5 nitrogen and oxygen atoms in total. The fourth-order valence-electron chi connectivity index (χ4n) is 2.56. The lowest BCUT2D eigenvalue weighted by molar-refractivity contribution is 0.0726. The molecule has 0 unspecified atom stereocenters. The molecule has 0 aliphatic rings. The molecule has 2 rings (SSSR count). The van der Waals surface area contributed by atoms with Crippen molar-refractivity contribution in [1.29, 1.82) is 0 Å². The van der Waals surface area contributed by atoms with Crippen molar-refractivity contribution in [3.8, 4) is 0 Å². The van der Waals surface area contributed by atoms with Crippen LogP contribution in [0.2, 0.25) is 0 Å². The molecule has 0 bridgehead atoms. The predicted molar refractivity (Wildman–Crippen MR) is 96.8 cm³/mol. The molecule has 1 N–H and O–H groups in total. The number of halogens is 1. The van der Waals surface area contributed by atoms with E-state index in [4.69, 9.17) is 0 Å². The highest BCUT2D eigenvalue weighted by Gasteiger charge is 2.19. The standard InChI is InChI=1S/C19H27FN4O/c1-14(2)11-17-12-18(22-21-17)19(25)24(10-9-23(3)4)13-15-5-7-16(20)8-6-15/h5-8,12,14H,9-11,13H2,1-4H3,(H,21,22). The first-order valence-corrected chi connectivity index (χ1v) is 8.58.